The number of hydrogen-bond acceptors (Lipinski definition) is 4. The summed E-state index contributed by atoms with van der Waals surface area (Å²) in [6, 6.07) is 7.64. The summed E-state index contributed by atoms with van der Waals surface area (Å²) in [6.45, 7) is 0. The van der Waals surface area contributed by atoms with Gasteiger partial charge in [-0.1, -0.05) is 0 Å². The molecule has 0 aliphatic rings. The van der Waals surface area contributed by atoms with Gasteiger partial charge in [0, 0.05) is 3.57 Å². The molecule has 2 aromatic rings. The molecule has 2 aromatic carbocycles. The van der Waals surface area contributed by atoms with E-state index >= 15 is 0 Å². The van der Waals surface area contributed by atoms with Crippen LogP contribution >= 0.6 is 61.1 Å². The van der Waals surface area contributed by atoms with Gasteiger partial charge in [0.05, 0.1) is 8.04 Å². The summed E-state index contributed by atoms with van der Waals surface area (Å²) in [6.07, 6.45) is 0.240. The van der Waals surface area contributed by atoms with Crippen LogP contribution in [0.2, 0.25) is 0 Å². The number of phenols is 1. The van der Waals surface area contributed by atoms with Gasteiger partial charge in [-0.05, 0) is 103 Å². The quantitative estimate of drug-likeness (QED) is 0.448. The minimum Gasteiger partial charge on any atom is -0.507 e. The van der Waals surface area contributed by atoms with E-state index in [4.69, 9.17) is 15.6 Å². The maximum absolute atomic E-state index is 10.9. The molecule has 0 aliphatic heterocycles. The first-order valence-corrected chi connectivity index (χ1v) is 9.35. The first kappa shape index (κ1) is 18.7. The molecule has 122 valence electrons. The molecule has 0 aliphatic carbocycles. The van der Waals surface area contributed by atoms with Gasteiger partial charge in [-0.3, -0.25) is 4.79 Å². The number of carbonyl (C=O) groups is 1. The SMILES string of the molecule is N[C@@H](Cc1cc(Br)c(Oc2ccc(O)c(I)c2)cc1I)C(=O)O. The molecule has 0 spiro atoms. The van der Waals surface area contributed by atoms with Crippen molar-refractivity contribution in [3.63, 3.8) is 0 Å². The van der Waals surface area contributed by atoms with Crippen LogP contribution in [0.5, 0.6) is 17.2 Å². The second-order valence-electron chi connectivity index (χ2n) is 4.74. The molecule has 5 nitrogen and oxygen atoms in total. The molecule has 1 atom stereocenters. The Morgan fingerprint density at radius 1 is 1.26 bits per heavy atom. The van der Waals surface area contributed by atoms with E-state index in [1.807, 2.05) is 34.7 Å². The Morgan fingerprint density at radius 2 is 1.96 bits per heavy atom. The third-order valence-corrected chi connectivity index (χ3v) is 5.49. The summed E-state index contributed by atoms with van der Waals surface area (Å²) in [7, 11) is 0. The van der Waals surface area contributed by atoms with Gasteiger partial charge in [-0.15, -0.1) is 0 Å². The van der Waals surface area contributed by atoms with E-state index in [1.165, 1.54) is 0 Å². The van der Waals surface area contributed by atoms with Gasteiger partial charge < -0.3 is 20.7 Å². The van der Waals surface area contributed by atoms with E-state index in [0.717, 1.165) is 9.13 Å². The van der Waals surface area contributed by atoms with Crippen LogP contribution in [0.15, 0.2) is 34.8 Å². The van der Waals surface area contributed by atoms with Gasteiger partial charge in [0.25, 0.3) is 0 Å². The number of halogens is 3. The lowest BCUT2D eigenvalue weighted by Gasteiger charge is -2.13. The Hall–Kier alpha value is -0.590. The fraction of sp³-hybridized carbons (Fsp3) is 0.133. The van der Waals surface area contributed by atoms with Crippen molar-refractivity contribution < 1.29 is 19.7 Å². The third-order valence-electron chi connectivity index (χ3n) is 3.00. The molecule has 0 unspecified atom stereocenters. The first-order chi connectivity index (χ1) is 10.8. The highest BCUT2D eigenvalue weighted by atomic mass is 127. The van der Waals surface area contributed by atoms with Crippen molar-refractivity contribution in [2.45, 2.75) is 12.5 Å². The zero-order valence-corrected chi connectivity index (χ0v) is 17.5. The number of aliphatic carboxylic acids is 1. The van der Waals surface area contributed by atoms with Gasteiger partial charge in [-0.2, -0.15) is 0 Å². The molecule has 4 N–H and O–H groups in total. The smallest absolute Gasteiger partial charge is 0.320 e. The van der Waals surface area contributed by atoms with E-state index in [2.05, 4.69) is 38.5 Å². The van der Waals surface area contributed by atoms with Crippen LogP contribution < -0.4 is 10.5 Å². The van der Waals surface area contributed by atoms with Crippen LogP contribution in [0.3, 0.4) is 0 Å². The fourth-order valence-electron chi connectivity index (χ4n) is 1.81. The minimum atomic E-state index is -1.03. The van der Waals surface area contributed by atoms with E-state index in [1.54, 1.807) is 18.2 Å². The van der Waals surface area contributed by atoms with E-state index in [0.29, 0.717) is 19.5 Å². The van der Waals surface area contributed by atoms with Crippen molar-refractivity contribution in [3.05, 3.63) is 47.5 Å². The number of carboxylic acid groups (broad SMARTS) is 1. The molecule has 0 aromatic heterocycles. The lowest BCUT2D eigenvalue weighted by molar-refractivity contribution is -0.138. The molecule has 23 heavy (non-hydrogen) atoms. The van der Waals surface area contributed by atoms with Crippen LogP contribution in [0.25, 0.3) is 0 Å². The van der Waals surface area contributed by atoms with E-state index in [9.17, 15) is 9.90 Å². The normalized spacial score (nSPS) is 12.0. The molecule has 0 radical (unpaired) electrons. The molecule has 2 rings (SSSR count). The molecule has 0 fully saturated rings. The van der Waals surface area contributed by atoms with Crippen molar-refractivity contribution in [1.82, 2.24) is 0 Å². The Bertz CT molecular complexity index is 754. The molecule has 0 bridgehead atoms. The lowest BCUT2D eigenvalue weighted by Crippen LogP contribution is -2.32. The van der Waals surface area contributed by atoms with Crippen LogP contribution in [0.1, 0.15) is 5.56 Å². The number of nitrogens with two attached hydrogens (primary N) is 1. The molecule has 0 saturated heterocycles. The number of rotatable bonds is 5. The summed E-state index contributed by atoms with van der Waals surface area (Å²) in [4.78, 5) is 10.9. The van der Waals surface area contributed by atoms with Crippen LogP contribution in [0.4, 0.5) is 0 Å². The van der Waals surface area contributed by atoms with Crippen LogP contribution in [-0.2, 0) is 11.2 Å². The zero-order chi connectivity index (χ0) is 17.1. The van der Waals surface area contributed by atoms with E-state index in [-0.39, 0.29) is 12.2 Å². The van der Waals surface area contributed by atoms with E-state index < -0.39 is 12.0 Å². The van der Waals surface area contributed by atoms with Crippen molar-refractivity contribution in [3.8, 4) is 17.2 Å². The van der Waals surface area contributed by atoms with Crippen LogP contribution in [0, 0.1) is 7.14 Å². The molecular formula is C15H12BrI2NO4. The maximum Gasteiger partial charge on any atom is 0.320 e. The zero-order valence-electron chi connectivity index (χ0n) is 11.6. The largest absolute Gasteiger partial charge is 0.507 e. The summed E-state index contributed by atoms with van der Waals surface area (Å²) < 4.78 is 8.08. The number of carboxylic acids is 1. The molecule has 8 heteroatoms. The summed E-state index contributed by atoms with van der Waals surface area (Å²) in [5, 5.41) is 18.5. The first-order valence-electron chi connectivity index (χ1n) is 6.40. The summed E-state index contributed by atoms with van der Waals surface area (Å²) >= 11 is 7.57. The van der Waals surface area contributed by atoms with Crippen molar-refractivity contribution >= 4 is 67.1 Å². The highest BCUT2D eigenvalue weighted by Crippen LogP contribution is 2.35. The minimum absolute atomic E-state index is 0.199. The highest BCUT2D eigenvalue weighted by molar-refractivity contribution is 14.1. The predicted octanol–water partition coefficient (Wildman–Crippen LogP) is 4.11. The van der Waals surface area contributed by atoms with Crippen molar-refractivity contribution in [1.29, 1.82) is 0 Å². The summed E-state index contributed by atoms with van der Waals surface area (Å²) in [5.41, 5.74) is 6.42. The second-order valence-corrected chi connectivity index (χ2v) is 7.92. The van der Waals surface area contributed by atoms with Gasteiger partial charge in [0.15, 0.2) is 0 Å². The number of phenolic OH excluding ortho intramolecular Hbond substituents is 1. The second kappa shape index (κ2) is 7.99. The van der Waals surface area contributed by atoms with Crippen molar-refractivity contribution in [2.24, 2.45) is 5.73 Å². The molecular weight excluding hydrogens is 592 g/mol. The summed E-state index contributed by atoms with van der Waals surface area (Å²) in [5.74, 6) is 0.364. The third kappa shape index (κ3) is 4.94. The van der Waals surface area contributed by atoms with Gasteiger partial charge >= 0.3 is 5.97 Å². The molecule has 0 saturated carbocycles. The average molecular weight is 604 g/mol. The Balaban J connectivity index is 2.25. The van der Waals surface area contributed by atoms with Crippen molar-refractivity contribution in [2.75, 3.05) is 0 Å². The lowest BCUT2D eigenvalue weighted by atomic mass is 10.1. The average Bonchev–Trinajstić information content (AvgIpc) is 2.47. The fourth-order valence-corrected chi connectivity index (χ4v) is 3.42. The monoisotopic (exact) mass is 603 g/mol. The maximum atomic E-state index is 10.9. The standard InChI is InChI=1S/C15H12BrI2NO4/c16-9-3-7(4-12(19)15(21)22)10(17)6-14(9)23-8-1-2-13(20)11(18)5-8/h1-3,5-6,12,20H,4,19H2,(H,21,22)/t12-/m0/s1. The number of benzene rings is 2. The Morgan fingerprint density at radius 3 is 2.57 bits per heavy atom. The molecule has 0 amide bonds. The van der Waals surface area contributed by atoms with Gasteiger partial charge in [0.1, 0.15) is 23.3 Å². The number of aromatic hydroxyl groups is 1. The predicted molar refractivity (Wildman–Crippen MR) is 107 cm³/mol. The number of hydrogen-bond donors (Lipinski definition) is 3. The molecule has 0 heterocycles. The topological polar surface area (TPSA) is 92.8 Å². The van der Waals surface area contributed by atoms with Crippen LogP contribution in [-0.4, -0.2) is 22.2 Å². The Kier molecular flexibility index (Phi) is 6.51. The van der Waals surface area contributed by atoms with Gasteiger partial charge in [-0.25, -0.2) is 0 Å². The Labute approximate surface area is 168 Å². The number of ether oxygens (including phenoxy) is 1. The highest BCUT2D eigenvalue weighted by Gasteiger charge is 2.16. The van der Waals surface area contributed by atoms with Gasteiger partial charge in [0.2, 0.25) is 0 Å².